The highest BCUT2D eigenvalue weighted by Gasteiger charge is 2.26. The molecule has 0 spiro atoms. The lowest BCUT2D eigenvalue weighted by Crippen LogP contribution is -2.12. The summed E-state index contributed by atoms with van der Waals surface area (Å²) >= 11 is 0. The van der Waals surface area contributed by atoms with Crippen LogP contribution in [-0.4, -0.2) is 19.6 Å². The van der Waals surface area contributed by atoms with Gasteiger partial charge >= 0.3 is 0 Å². The predicted octanol–water partition coefficient (Wildman–Crippen LogP) is 16.0. The van der Waals surface area contributed by atoms with E-state index in [4.69, 9.17) is 14.1 Å². The summed E-state index contributed by atoms with van der Waals surface area (Å²) in [6.07, 6.45) is 1.81. The molecule has 4 nitrogen and oxygen atoms in total. The van der Waals surface area contributed by atoms with Crippen molar-refractivity contribution in [2.75, 3.05) is 0 Å². The summed E-state index contributed by atoms with van der Waals surface area (Å²) in [6.45, 7) is 13.2. The summed E-state index contributed by atoms with van der Waals surface area (Å²) < 4.78 is 25.8. The van der Waals surface area contributed by atoms with Crippen LogP contribution in [0.3, 0.4) is 0 Å². The van der Waals surface area contributed by atoms with E-state index in [0.717, 1.165) is 83.6 Å². The van der Waals surface area contributed by atoms with Gasteiger partial charge in [-0.2, -0.15) is 0 Å². The number of benzene rings is 7. The Hall–Kier alpha value is -7.04. The predicted molar refractivity (Wildman–Crippen MR) is 265 cm³/mol. The Labute approximate surface area is 376 Å². The SMILES string of the molecule is [2H]C([2H])([2H])c1ccc(-c2ccnc(-c3cc(-c4ccccc4)cc(-c4cccc5c4nc(-c4cc(C(C)C)cc(C(C)C)c4O)n5-c4ccc(C(C)(C)C)cc4-c4ccccc4)c3)c2)cc1. The van der Waals surface area contributed by atoms with Crippen LogP contribution in [0.5, 0.6) is 5.75 Å². The fourth-order valence-corrected chi connectivity index (χ4v) is 8.59. The van der Waals surface area contributed by atoms with Crippen molar-refractivity contribution in [3.63, 3.8) is 0 Å². The van der Waals surface area contributed by atoms with Gasteiger partial charge in [0.2, 0.25) is 0 Å². The molecule has 0 aliphatic heterocycles. The molecule has 0 aliphatic carbocycles. The number of fused-ring (bicyclic) bond motifs is 1. The summed E-state index contributed by atoms with van der Waals surface area (Å²) in [5.74, 6) is 1.22. The van der Waals surface area contributed by atoms with E-state index >= 15 is 0 Å². The highest BCUT2D eigenvalue weighted by atomic mass is 16.3. The van der Waals surface area contributed by atoms with E-state index < -0.39 is 6.85 Å². The third-order valence-electron chi connectivity index (χ3n) is 12.2. The first-order valence-electron chi connectivity index (χ1n) is 23.4. The van der Waals surface area contributed by atoms with Crippen LogP contribution in [0.25, 0.3) is 83.9 Å². The largest absolute Gasteiger partial charge is 0.507 e. The normalized spacial score (nSPS) is 12.7. The molecule has 63 heavy (non-hydrogen) atoms. The van der Waals surface area contributed by atoms with Crippen LogP contribution in [0.4, 0.5) is 0 Å². The first kappa shape index (κ1) is 37.7. The average molecular weight is 825 g/mol. The van der Waals surface area contributed by atoms with Gasteiger partial charge in [-0.25, -0.2) is 4.98 Å². The highest BCUT2D eigenvalue weighted by molar-refractivity contribution is 5.98. The zero-order valence-electron chi connectivity index (χ0n) is 40.1. The van der Waals surface area contributed by atoms with Crippen molar-refractivity contribution >= 4 is 11.0 Å². The number of hydrogen-bond acceptors (Lipinski definition) is 3. The van der Waals surface area contributed by atoms with Crippen molar-refractivity contribution in [2.45, 2.75) is 72.6 Å². The Morgan fingerprint density at radius 1 is 0.556 bits per heavy atom. The molecular weight excluding hydrogens is 767 g/mol. The van der Waals surface area contributed by atoms with Crippen LogP contribution in [0.2, 0.25) is 0 Å². The van der Waals surface area contributed by atoms with Gasteiger partial charge in [0.1, 0.15) is 11.6 Å². The summed E-state index contributed by atoms with van der Waals surface area (Å²) in [5.41, 5.74) is 16.6. The molecule has 2 aromatic heterocycles. The van der Waals surface area contributed by atoms with Crippen LogP contribution in [0, 0.1) is 6.85 Å². The molecule has 0 saturated heterocycles. The van der Waals surface area contributed by atoms with Gasteiger partial charge in [0.25, 0.3) is 0 Å². The maximum atomic E-state index is 12.3. The van der Waals surface area contributed by atoms with Crippen molar-refractivity contribution in [3.05, 3.63) is 192 Å². The second-order valence-electron chi connectivity index (χ2n) is 18.3. The topological polar surface area (TPSA) is 50.9 Å². The van der Waals surface area contributed by atoms with Gasteiger partial charge in [0, 0.05) is 27.0 Å². The average Bonchev–Trinajstić information content (AvgIpc) is 3.70. The zero-order valence-corrected chi connectivity index (χ0v) is 37.1. The number of nitrogens with zero attached hydrogens (tertiary/aromatic N) is 3. The third-order valence-corrected chi connectivity index (χ3v) is 12.2. The zero-order chi connectivity index (χ0) is 46.5. The molecular formula is C59H55N3O. The molecule has 9 rings (SSSR count). The minimum Gasteiger partial charge on any atom is -0.507 e. The molecule has 2 heterocycles. The third kappa shape index (κ3) is 8.10. The van der Waals surface area contributed by atoms with Crippen LogP contribution in [0.1, 0.15) is 86.7 Å². The quantitative estimate of drug-likeness (QED) is 0.158. The van der Waals surface area contributed by atoms with Crippen LogP contribution >= 0.6 is 0 Å². The maximum Gasteiger partial charge on any atom is 0.149 e. The van der Waals surface area contributed by atoms with E-state index in [-0.39, 0.29) is 23.0 Å². The number of phenols is 1. The lowest BCUT2D eigenvalue weighted by Gasteiger charge is -2.23. The molecule has 0 fully saturated rings. The monoisotopic (exact) mass is 824 g/mol. The molecule has 312 valence electrons. The van der Waals surface area contributed by atoms with Crippen molar-refractivity contribution in [1.29, 1.82) is 0 Å². The summed E-state index contributed by atoms with van der Waals surface area (Å²) in [7, 11) is 0. The van der Waals surface area contributed by atoms with Gasteiger partial charge in [-0.1, -0.05) is 163 Å². The molecule has 1 N–H and O–H groups in total. The Morgan fingerprint density at radius 3 is 1.92 bits per heavy atom. The number of rotatable bonds is 9. The summed E-state index contributed by atoms with van der Waals surface area (Å²) in [4.78, 5) is 10.5. The maximum absolute atomic E-state index is 12.3. The Kier molecular flexibility index (Phi) is 9.98. The number of imidazole rings is 1. The molecule has 9 aromatic rings. The molecule has 0 saturated carbocycles. The van der Waals surface area contributed by atoms with E-state index in [2.05, 4.69) is 174 Å². The van der Waals surface area contributed by atoms with Crippen LogP contribution < -0.4 is 0 Å². The standard InChI is InChI=1S/C59H55N3O/c1-37(2)44-33-50(38(3)4)57(63)52(34-44)58-61-56-49(20-15-21-55(56)62(58)54-27-26-48(59(6,7)8)36-51(54)42-18-13-10-14-19-42)46-30-45(40-16-11-9-12-17-40)31-47(32-46)53-35-43(28-29-60-53)41-24-22-39(5)23-25-41/h9-38,63H,1-8H3/i5D3. The second-order valence-corrected chi connectivity index (χ2v) is 18.3. The number of para-hydroxylation sites is 1. The van der Waals surface area contributed by atoms with E-state index in [9.17, 15) is 5.11 Å². The van der Waals surface area contributed by atoms with E-state index in [1.165, 1.54) is 5.56 Å². The van der Waals surface area contributed by atoms with Crippen LogP contribution in [0.15, 0.2) is 170 Å². The van der Waals surface area contributed by atoms with E-state index in [1.807, 2.05) is 36.5 Å². The lowest BCUT2D eigenvalue weighted by atomic mass is 9.85. The Balaban J connectivity index is 1.32. The molecule has 0 unspecified atom stereocenters. The number of aromatic hydroxyl groups is 1. The van der Waals surface area contributed by atoms with E-state index in [1.54, 1.807) is 12.1 Å². The smallest absolute Gasteiger partial charge is 0.149 e. The molecule has 0 amide bonds. The first-order valence-corrected chi connectivity index (χ1v) is 21.9. The molecule has 0 bridgehead atoms. The minimum atomic E-state index is -2.17. The first-order chi connectivity index (χ1) is 31.5. The molecule has 7 aromatic carbocycles. The number of phenolic OH excluding ortho intramolecular Hbond substituents is 1. The van der Waals surface area contributed by atoms with Crippen LogP contribution in [-0.2, 0) is 5.41 Å². The van der Waals surface area contributed by atoms with Crippen molar-refractivity contribution in [3.8, 4) is 78.6 Å². The fraction of sp³-hybridized carbons (Fsp3) is 0.186. The highest BCUT2D eigenvalue weighted by Crippen LogP contribution is 2.45. The van der Waals surface area contributed by atoms with Gasteiger partial charge in [0.15, 0.2) is 0 Å². The van der Waals surface area contributed by atoms with Gasteiger partial charge < -0.3 is 5.11 Å². The van der Waals surface area contributed by atoms with Gasteiger partial charge in [-0.15, -0.1) is 0 Å². The Bertz CT molecular complexity index is 3210. The minimum absolute atomic E-state index is 0.0848. The number of hydrogen-bond donors (Lipinski definition) is 1. The lowest BCUT2D eigenvalue weighted by molar-refractivity contribution is 0.466. The van der Waals surface area contributed by atoms with E-state index in [0.29, 0.717) is 17.0 Å². The molecule has 0 atom stereocenters. The summed E-state index contributed by atoms with van der Waals surface area (Å²) in [6, 6.07) is 56.0. The van der Waals surface area contributed by atoms with Crippen molar-refractivity contribution in [1.82, 2.24) is 14.5 Å². The molecule has 0 aliphatic rings. The van der Waals surface area contributed by atoms with Gasteiger partial charge in [-0.05, 0) is 129 Å². The van der Waals surface area contributed by atoms with Gasteiger partial charge in [0.05, 0.1) is 28.0 Å². The Morgan fingerprint density at radius 2 is 1.24 bits per heavy atom. The van der Waals surface area contributed by atoms with Crippen molar-refractivity contribution < 1.29 is 9.22 Å². The number of aryl methyl sites for hydroxylation is 1. The van der Waals surface area contributed by atoms with Gasteiger partial charge in [-0.3, -0.25) is 9.55 Å². The van der Waals surface area contributed by atoms with Crippen molar-refractivity contribution in [2.24, 2.45) is 0 Å². The molecule has 4 heteroatoms. The number of pyridine rings is 1. The molecule has 0 radical (unpaired) electrons. The summed E-state index contributed by atoms with van der Waals surface area (Å²) in [5, 5.41) is 12.3. The second kappa shape index (κ2) is 16.7. The fourth-order valence-electron chi connectivity index (χ4n) is 8.59. The number of aromatic nitrogens is 3.